The van der Waals surface area contributed by atoms with Crippen LogP contribution < -0.4 is 4.90 Å². The largest absolute Gasteiger partial charge is 0.353 e. The zero-order valence-electron chi connectivity index (χ0n) is 14.4. The van der Waals surface area contributed by atoms with Crippen LogP contribution in [-0.2, 0) is 22.8 Å². The van der Waals surface area contributed by atoms with Crippen molar-refractivity contribution in [2.24, 2.45) is 0 Å². The molecule has 1 aliphatic heterocycles. The molecule has 0 spiro atoms. The molecule has 1 aliphatic rings. The zero-order valence-corrected chi connectivity index (χ0v) is 15.2. The van der Waals surface area contributed by atoms with Crippen LogP contribution >= 0.6 is 0 Å². The van der Waals surface area contributed by atoms with Gasteiger partial charge in [0.05, 0.1) is 6.20 Å². The predicted molar refractivity (Wildman–Crippen MR) is 89.9 cm³/mol. The van der Waals surface area contributed by atoms with E-state index in [-0.39, 0.29) is 4.90 Å². The Kier molecular flexibility index (Phi) is 4.29. The highest BCUT2D eigenvalue weighted by Gasteiger charge is 2.25. The average Bonchev–Trinajstić information content (AvgIpc) is 2.78. The Labute approximate surface area is 141 Å². The van der Waals surface area contributed by atoms with Crippen molar-refractivity contribution in [2.45, 2.75) is 44.6 Å². The smallest absolute Gasteiger partial charge is 0.180 e. The molecule has 0 N–H and O–H groups in total. The van der Waals surface area contributed by atoms with E-state index in [9.17, 15) is 8.42 Å². The van der Waals surface area contributed by atoms with Gasteiger partial charge in [-0.15, -0.1) is 10.2 Å². The summed E-state index contributed by atoms with van der Waals surface area (Å²) in [5, 5.41) is 8.57. The van der Waals surface area contributed by atoms with Crippen LogP contribution in [0.1, 0.15) is 37.2 Å². The van der Waals surface area contributed by atoms with Gasteiger partial charge in [0.15, 0.2) is 15.7 Å². The van der Waals surface area contributed by atoms with Crippen LogP contribution in [0, 0.1) is 6.92 Å². The summed E-state index contributed by atoms with van der Waals surface area (Å²) >= 11 is 0. The molecule has 2 aromatic rings. The number of hydrogen-bond donors (Lipinski definition) is 0. The molecule has 0 atom stereocenters. The van der Waals surface area contributed by atoms with Gasteiger partial charge >= 0.3 is 0 Å². The third-order valence-corrected chi connectivity index (χ3v) is 5.21. The molecule has 0 saturated carbocycles. The number of aromatic nitrogens is 5. The van der Waals surface area contributed by atoms with Gasteiger partial charge in [-0.1, -0.05) is 13.8 Å². The first-order valence-electron chi connectivity index (χ1n) is 7.98. The van der Waals surface area contributed by atoms with Gasteiger partial charge in [-0.2, -0.15) is 0 Å². The molecule has 8 nitrogen and oxygen atoms in total. The number of rotatable bonds is 3. The topological polar surface area (TPSA) is 93.9 Å². The summed E-state index contributed by atoms with van der Waals surface area (Å²) in [5.74, 6) is 3.24. The van der Waals surface area contributed by atoms with Crippen LogP contribution in [0.25, 0.3) is 0 Å². The predicted octanol–water partition coefficient (Wildman–Crippen LogP) is 0.966. The molecule has 24 heavy (non-hydrogen) atoms. The lowest BCUT2D eigenvalue weighted by atomic mass is 10.2. The maximum Gasteiger partial charge on any atom is 0.180 e. The van der Waals surface area contributed by atoms with E-state index in [4.69, 9.17) is 0 Å². The van der Waals surface area contributed by atoms with Crippen molar-refractivity contribution in [3.8, 4) is 0 Å². The molecule has 0 fully saturated rings. The fourth-order valence-electron chi connectivity index (χ4n) is 2.92. The van der Waals surface area contributed by atoms with E-state index in [2.05, 4.69) is 38.6 Å². The second kappa shape index (κ2) is 6.12. The van der Waals surface area contributed by atoms with Gasteiger partial charge < -0.3 is 9.47 Å². The Morgan fingerprint density at radius 2 is 1.92 bits per heavy atom. The highest BCUT2D eigenvalue weighted by molar-refractivity contribution is 7.90. The number of sulfone groups is 1. The Morgan fingerprint density at radius 1 is 1.17 bits per heavy atom. The second-order valence-corrected chi connectivity index (χ2v) is 8.38. The van der Waals surface area contributed by atoms with Crippen molar-refractivity contribution in [1.82, 2.24) is 24.7 Å². The van der Waals surface area contributed by atoms with Gasteiger partial charge in [-0.3, -0.25) is 0 Å². The highest BCUT2D eigenvalue weighted by atomic mass is 32.2. The summed E-state index contributed by atoms with van der Waals surface area (Å²) in [6.45, 7) is 7.96. The van der Waals surface area contributed by atoms with Crippen LogP contribution in [0.4, 0.5) is 5.82 Å². The third kappa shape index (κ3) is 3.12. The van der Waals surface area contributed by atoms with E-state index in [1.54, 1.807) is 6.92 Å². The van der Waals surface area contributed by atoms with Crippen LogP contribution in [0.5, 0.6) is 0 Å². The van der Waals surface area contributed by atoms with Gasteiger partial charge in [0, 0.05) is 38.2 Å². The molecule has 3 rings (SSSR count). The highest BCUT2D eigenvalue weighted by Crippen LogP contribution is 2.25. The van der Waals surface area contributed by atoms with E-state index < -0.39 is 9.84 Å². The van der Waals surface area contributed by atoms with Gasteiger partial charge in [-0.05, 0) is 6.92 Å². The molecular formula is C15H22N6O2S. The average molecular weight is 350 g/mol. The van der Waals surface area contributed by atoms with Crippen LogP contribution in [0.2, 0.25) is 0 Å². The van der Waals surface area contributed by atoms with Crippen LogP contribution in [0.3, 0.4) is 0 Å². The van der Waals surface area contributed by atoms with E-state index in [1.807, 2.05) is 4.90 Å². The summed E-state index contributed by atoms with van der Waals surface area (Å²) in [5.41, 5.74) is 0. The summed E-state index contributed by atoms with van der Waals surface area (Å²) < 4.78 is 26.3. The van der Waals surface area contributed by atoms with E-state index in [0.717, 1.165) is 11.6 Å². The minimum Gasteiger partial charge on any atom is -0.353 e. The van der Waals surface area contributed by atoms with Crippen LogP contribution in [0.15, 0.2) is 11.1 Å². The number of hydrogen-bond acceptors (Lipinski definition) is 7. The molecule has 0 aliphatic carbocycles. The Hall–Kier alpha value is -2.03. The first-order chi connectivity index (χ1) is 11.3. The fourth-order valence-corrected chi connectivity index (χ4v) is 3.67. The molecular weight excluding hydrogens is 328 g/mol. The normalized spacial score (nSPS) is 15.5. The second-order valence-electron chi connectivity index (χ2n) is 6.40. The maximum atomic E-state index is 12.1. The molecule has 0 aromatic carbocycles. The van der Waals surface area contributed by atoms with Crippen LogP contribution in [-0.4, -0.2) is 52.5 Å². The summed E-state index contributed by atoms with van der Waals surface area (Å²) in [6, 6.07) is 0. The van der Waals surface area contributed by atoms with Crippen molar-refractivity contribution in [3.63, 3.8) is 0 Å². The molecule has 0 amide bonds. The SMILES string of the molecule is Cc1ncc(S(C)(=O)=O)c(N2CCc3nnc(C(C)C)n3CC2)n1. The Balaban J connectivity index is 1.95. The zero-order chi connectivity index (χ0) is 17.5. The Morgan fingerprint density at radius 3 is 2.58 bits per heavy atom. The molecule has 0 saturated heterocycles. The summed E-state index contributed by atoms with van der Waals surface area (Å²) in [6.07, 6.45) is 3.29. The van der Waals surface area contributed by atoms with Gasteiger partial charge in [0.2, 0.25) is 0 Å². The lowest BCUT2D eigenvalue weighted by Gasteiger charge is -2.23. The Bertz CT molecular complexity index is 859. The molecule has 130 valence electrons. The minimum atomic E-state index is -3.39. The lowest BCUT2D eigenvalue weighted by molar-refractivity contribution is 0.597. The first kappa shape index (κ1) is 16.8. The first-order valence-corrected chi connectivity index (χ1v) is 9.87. The molecule has 0 unspecified atom stereocenters. The third-order valence-electron chi connectivity index (χ3n) is 4.13. The molecule has 0 radical (unpaired) electrons. The fraction of sp³-hybridized carbons (Fsp3) is 0.600. The molecule has 9 heteroatoms. The standard InChI is InChI=1S/C15H22N6O2S/c1-10(2)14-19-18-13-5-6-20(7-8-21(13)14)15-12(24(4,22)23)9-16-11(3)17-15/h9-10H,5-8H2,1-4H3. The molecule has 3 heterocycles. The van der Waals surface area contributed by atoms with Crippen molar-refractivity contribution >= 4 is 15.7 Å². The van der Waals surface area contributed by atoms with E-state index >= 15 is 0 Å². The quantitative estimate of drug-likeness (QED) is 0.814. The van der Waals surface area contributed by atoms with E-state index in [0.29, 0.717) is 43.6 Å². The number of fused-ring (bicyclic) bond motifs is 1. The van der Waals surface area contributed by atoms with Crippen molar-refractivity contribution in [2.75, 3.05) is 24.2 Å². The minimum absolute atomic E-state index is 0.176. The summed E-state index contributed by atoms with van der Waals surface area (Å²) in [4.78, 5) is 10.6. The van der Waals surface area contributed by atoms with Crippen molar-refractivity contribution in [1.29, 1.82) is 0 Å². The number of nitrogens with zero attached hydrogens (tertiary/aromatic N) is 6. The molecule has 0 bridgehead atoms. The lowest BCUT2D eigenvalue weighted by Crippen LogP contribution is -2.29. The van der Waals surface area contributed by atoms with Gasteiger partial charge in [0.1, 0.15) is 22.4 Å². The van der Waals surface area contributed by atoms with Gasteiger partial charge in [-0.25, -0.2) is 18.4 Å². The van der Waals surface area contributed by atoms with Crippen molar-refractivity contribution in [3.05, 3.63) is 23.7 Å². The maximum absolute atomic E-state index is 12.1. The monoisotopic (exact) mass is 350 g/mol. The summed E-state index contributed by atoms with van der Waals surface area (Å²) in [7, 11) is -3.39. The van der Waals surface area contributed by atoms with Crippen molar-refractivity contribution < 1.29 is 8.42 Å². The number of anilines is 1. The van der Waals surface area contributed by atoms with E-state index in [1.165, 1.54) is 12.5 Å². The molecule has 2 aromatic heterocycles. The van der Waals surface area contributed by atoms with Gasteiger partial charge in [0.25, 0.3) is 0 Å². The number of aryl methyl sites for hydroxylation is 1.